The molecule has 0 atom stereocenters. The second-order valence-corrected chi connectivity index (χ2v) is 6.60. The van der Waals surface area contributed by atoms with Gasteiger partial charge < -0.3 is 5.32 Å². The third kappa shape index (κ3) is 3.29. The minimum Gasteiger partial charge on any atom is -0.388 e. The van der Waals surface area contributed by atoms with Gasteiger partial charge in [0.05, 0.1) is 10.6 Å². The summed E-state index contributed by atoms with van der Waals surface area (Å²) in [6.07, 6.45) is 0. The number of sulfonamides is 1. The van der Waals surface area contributed by atoms with Crippen LogP contribution < -0.4 is 10.0 Å². The van der Waals surface area contributed by atoms with E-state index in [0.29, 0.717) is 4.47 Å². The molecular formula is C13H12BrFN2O2S. The molecule has 0 aliphatic rings. The van der Waals surface area contributed by atoms with Crippen molar-refractivity contribution in [2.45, 2.75) is 4.90 Å². The number of hydrogen-bond donors (Lipinski definition) is 2. The van der Waals surface area contributed by atoms with E-state index in [0.717, 1.165) is 5.69 Å². The first-order valence-corrected chi connectivity index (χ1v) is 7.96. The van der Waals surface area contributed by atoms with Gasteiger partial charge in [-0.25, -0.2) is 12.8 Å². The van der Waals surface area contributed by atoms with E-state index in [9.17, 15) is 12.8 Å². The number of anilines is 2. The van der Waals surface area contributed by atoms with Gasteiger partial charge in [0, 0.05) is 17.2 Å². The Balaban J connectivity index is 2.32. The molecule has 20 heavy (non-hydrogen) atoms. The van der Waals surface area contributed by atoms with E-state index < -0.39 is 15.8 Å². The Hall–Kier alpha value is -1.60. The molecule has 0 saturated carbocycles. The highest BCUT2D eigenvalue weighted by Crippen LogP contribution is 2.23. The zero-order valence-corrected chi connectivity index (χ0v) is 12.9. The molecule has 0 aliphatic heterocycles. The maximum atomic E-state index is 13.6. The largest absolute Gasteiger partial charge is 0.388 e. The second kappa shape index (κ2) is 5.80. The predicted octanol–water partition coefficient (Wildman–Crippen LogP) is 3.43. The smallest absolute Gasteiger partial charge is 0.261 e. The number of rotatable bonds is 4. The molecule has 0 unspecified atom stereocenters. The highest BCUT2D eigenvalue weighted by Gasteiger charge is 2.16. The van der Waals surface area contributed by atoms with Crippen LogP contribution in [0.15, 0.2) is 51.8 Å². The van der Waals surface area contributed by atoms with Crippen molar-refractivity contribution in [1.29, 1.82) is 0 Å². The van der Waals surface area contributed by atoms with Crippen LogP contribution in [0.25, 0.3) is 0 Å². The van der Waals surface area contributed by atoms with Crippen molar-refractivity contribution >= 4 is 37.3 Å². The van der Waals surface area contributed by atoms with Gasteiger partial charge in [-0.05, 0) is 42.5 Å². The Morgan fingerprint density at radius 1 is 1.10 bits per heavy atom. The van der Waals surface area contributed by atoms with Gasteiger partial charge in [-0.3, -0.25) is 4.72 Å². The van der Waals surface area contributed by atoms with E-state index in [1.54, 1.807) is 19.2 Å². The molecule has 0 bridgehead atoms. The van der Waals surface area contributed by atoms with Crippen LogP contribution in [0.5, 0.6) is 0 Å². The van der Waals surface area contributed by atoms with Gasteiger partial charge in [0.2, 0.25) is 0 Å². The summed E-state index contributed by atoms with van der Waals surface area (Å²) in [6.45, 7) is 0. The summed E-state index contributed by atoms with van der Waals surface area (Å²) in [6, 6.07) is 10.2. The van der Waals surface area contributed by atoms with Crippen molar-refractivity contribution in [3.8, 4) is 0 Å². The molecule has 0 spiro atoms. The van der Waals surface area contributed by atoms with Crippen LogP contribution in [0, 0.1) is 5.82 Å². The first kappa shape index (κ1) is 14.8. The van der Waals surface area contributed by atoms with Gasteiger partial charge in [0.15, 0.2) is 0 Å². The fourth-order valence-corrected chi connectivity index (χ4v) is 3.00. The van der Waals surface area contributed by atoms with Crippen molar-refractivity contribution in [1.82, 2.24) is 0 Å². The maximum Gasteiger partial charge on any atom is 0.261 e. The molecule has 0 saturated heterocycles. The molecule has 2 aromatic rings. The molecule has 4 nitrogen and oxygen atoms in total. The van der Waals surface area contributed by atoms with E-state index >= 15 is 0 Å². The second-order valence-electron chi connectivity index (χ2n) is 4.00. The lowest BCUT2D eigenvalue weighted by atomic mass is 10.3. The Labute approximate surface area is 125 Å². The minimum atomic E-state index is -3.82. The van der Waals surface area contributed by atoms with Gasteiger partial charge in [0.25, 0.3) is 10.0 Å². The monoisotopic (exact) mass is 358 g/mol. The minimum absolute atomic E-state index is 0.0656. The lowest BCUT2D eigenvalue weighted by molar-refractivity contribution is 0.598. The molecule has 0 radical (unpaired) electrons. The van der Waals surface area contributed by atoms with E-state index in [1.807, 2.05) is 0 Å². The highest BCUT2D eigenvalue weighted by atomic mass is 79.9. The van der Waals surface area contributed by atoms with Crippen LogP contribution in [0.4, 0.5) is 15.8 Å². The Bertz CT molecular complexity index is 718. The number of benzene rings is 2. The number of hydrogen-bond acceptors (Lipinski definition) is 3. The van der Waals surface area contributed by atoms with E-state index in [-0.39, 0.29) is 10.6 Å². The first-order valence-electron chi connectivity index (χ1n) is 5.68. The molecule has 2 rings (SSSR count). The van der Waals surface area contributed by atoms with Gasteiger partial charge in [-0.2, -0.15) is 0 Å². The SMILES string of the molecule is CNc1ccc(S(=O)(=O)Nc2cc(Br)ccc2F)cc1. The Kier molecular flexibility index (Phi) is 4.29. The molecular weight excluding hydrogens is 347 g/mol. The van der Waals surface area contributed by atoms with Crippen molar-refractivity contribution in [2.24, 2.45) is 0 Å². The van der Waals surface area contributed by atoms with Crippen LogP contribution >= 0.6 is 15.9 Å². The lowest BCUT2D eigenvalue weighted by Crippen LogP contribution is -2.14. The summed E-state index contributed by atoms with van der Waals surface area (Å²) in [7, 11) is -2.08. The Morgan fingerprint density at radius 3 is 2.35 bits per heavy atom. The maximum absolute atomic E-state index is 13.6. The molecule has 0 heterocycles. The third-order valence-electron chi connectivity index (χ3n) is 2.63. The van der Waals surface area contributed by atoms with Crippen molar-refractivity contribution < 1.29 is 12.8 Å². The molecule has 106 valence electrons. The summed E-state index contributed by atoms with van der Waals surface area (Å²) in [5.41, 5.74) is 0.689. The normalized spacial score (nSPS) is 11.2. The molecule has 0 aromatic heterocycles. The Morgan fingerprint density at radius 2 is 1.75 bits per heavy atom. The van der Waals surface area contributed by atoms with Crippen molar-refractivity contribution in [3.63, 3.8) is 0 Å². The standard InChI is InChI=1S/C13H12BrFN2O2S/c1-16-10-3-5-11(6-4-10)20(18,19)17-13-8-9(14)2-7-12(13)15/h2-8,16-17H,1H3. The predicted molar refractivity (Wildman–Crippen MR) is 80.9 cm³/mol. The summed E-state index contributed by atoms with van der Waals surface area (Å²) < 4.78 is 40.7. The average molecular weight is 359 g/mol. The highest BCUT2D eigenvalue weighted by molar-refractivity contribution is 9.10. The van der Waals surface area contributed by atoms with Crippen LogP contribution in [0.3, 0.4) is 0 Å². The fourth-order valence-electron chi connectivity index (χ4n) is 1.58. The summed E-state index contributed by atoms with van der Waals surface area (Å²) in [5, 5.41) is 2.89. The summed E-state index contributed by atoms with van der Waals surface area (Å²) in [4.78, 5) is 0.0656. The zero-order valence-electron chi connectivity index (χ0n) is 10.5. The van der Waals surface area contributed by atoms with Gasteiger partial charge in [-0.15, -0.1) is 0 Å². The van der Waals surface area contributed by atoms with Gasteiger partial charge in [-0.1, -0.05) is 15.9 Å². The van der Waals surface area contributed by atoms with Gasteiger partial charge >= 0.3 is 0 Å². The van der Waals surface area contributed by atoms with E-state index in [2.05, 4.69) is 26.0 Å². The van der Waals surface area contributed by atoms with Crippen LogP contribution in [0.2, 0.25) is 0 Å². The van der Waals surface area contributed by atoms with Crippen molar-refractivity contribution in [2.75, 3.05) is 17.1 Å². The molecule has 0 amide bonds. The molecule has 2 aromatic carbocycles. The summed E-state index contributed by atoms with van der Waals surface area (Å²) >= 11 is 3.17. The first-order chi connectivity index (χ1) is 9.42. The van der Waals surface area contributed by atoms with E-state index in [1.165, 1.54) is 30.3 Å². The quantitative estimate of drug-likeness (QED) is 0.880. The summed E-state index contributed by atoms with van der Waals surface area (Å²) in [5.74, 6) is -0.636. The van der Waals surface area contributed by atoms with Crippen LogP contribution in [0.1, 0.15) is 0 Å². The molecule has 0 aliphatic carbocycles. The molecule has 2 N–H and O–H groups in total. The number of nitrogens with one attached hydrogen (secondary N) is 2. The zero-order chi connectivity index (χ0) is 14.8. The van der Waals surface area contributed by atoms with Crippen LogP contribution in [-0.2, 0) is 10.0 Å². The fraction of sp³-hybridized carbons (Fsp3) is 0.0769. The van der Waals surface area contributed by atoms with E-state index in [4.69, 9.17) is 0 Å². The topological polar surface area (TPSA) is 58.2 Å². The number of halogens is 2. The van der Waals surface area contributed by atoms with Crippen LogP contribution in [-0.4, -0.2) is 15.5 Å². The van der Waals surface area contributed by atoms with Gasteiger partial charge in [0.1, 0.15) is 5.82 Å². The van der Waals surface area contributed by atoms with Crippen molar-refractivity contribution in [3.05, 3.63) is 52.8 Å². The third-order valence-corrected chi connectivity index (χ3v) is 4.50. The average Bonchev–Trinajstić information content (AvgIpc) is 2.43. The molecule has 7 heteroatoms. The lowest BCUT2D eigenvalue weighted by Gasteiger charge is -2.10. The molecule has 0 fully saturated rings.